The minimum absolute atomic E-state index is 0.380. The number of benzene rings is 1. The predicted octanol–water partition coefficient (Wildman–Crippen LogP) is 2.22. The Hall–Kier alpha value is -2.55. The van der Waals surface area contributed by atoms with Crippen molar-refractivity contribution in [3.05, 3.63) is 29.6 Å². The number of aliphatic carboxylic acids is 1. The normalized spacial score (nSPS) is 13.9. The molecule has 2 unspecified atom stereocenters. The van der Waals surface area contributed by atoms with Gasteiger partial charge in [-0.25, -0.2) is 4.98 Å². The number of nitrogens with one attached hydrogen (secondary N) is 1. The first-order valence-corrected chi connectivity index (χ1v) is 8.51. The summed E-state index contributed by atoms with van der Waals surface area (Å²) >= 11 is 1.42. The van der Waals surface area contributed by atoms with Crippen LogP contribution in [0.3, 0.4) is 0 Å². The van der Waals surface area contributed by atoms with Gasteiger partial charge >= 0.3 is 5.97 Å². The third kappa shape index (κ3) is 3.21. The number of carboxylic acid groups (broad SMARTS) is 1. The standard InChI is InChI=1S/C15H18N6O2S/c1-2-4-9(14(22)23)10(13-18-20-21-19-13)7-8-5-3-6-11-12(8)17-15(16)24-11/h3,5-6,9-10H,2,4,7H2,1H3,(H2,16,17)(H,22,23)(H,18,19,20,21). The molecule has 2 aromatic heterocycles. The minimum atomic E-state index is -0.850. The van der Waals surface area contributed by atoms with Crippen LogP contribution >= 0.6 is 11.3 Å². The zero-order valence-electron chi connectivity index (χ0n) is 13.1. The first kappa shape index (κ1) is 16.3. The highest BCUT2D eigenvalue weighted by atomic mass is 32.1. The van der Waals surface area contributed by atoms with Crippen LogP contribution in [0.1, 0.15) is 37.1 Å². The summed E-state index contributed by atoms with van der Waals surface area (Å²) in [5.41, 5.74) is 7.57. The van der Waals surface area contributed by atoms with Gasteiger partial charge < -0.3 is 10.8 Å². The highest BCUT2D eigenvalue weighted by molar-refractivity contribution is 7.22. The number of aromatic nitrogens is 5. The molecule has 0 saturated heterocycles. The van der Waals surface area contributed by atoms with E-state index in [2.05, 4.69) is 25.6 Å². The lowest BCUT2D eigenvalue weighted by Gasteiger charge is -2.21. The fourth-order valence-corrected chi connectivity index (χ4v) is 3.75. The number of para-hydroxylation sites is 1. The van der Waals surface area contributed by atoms with Gasteiger partial charge in [-0.05, 0) is 24.5 Å². The van der Waals surface area contributed by atoms with Crippen LogP contribution in [0.4, 0.5) is 5.13 Å². The summed E-state index contributed by atoms with van der Waals surface area (Å²) in [6.45, 7) is 1.96. The van der Waals surface area contributed by atoms with Gasteiger partial charge in [-0.3, -0.25) is 4.79 Å². The maximum absolute atomic E-state index is 11.8. The summed E-state index contributed by atoms with van der Waals surface area (Å²) in [6.07, 6.45) is 1.78. The minimum Gasteiger partial charge on any atom is -0.481 e. The Morgan fingerprint density at radius 2 is 2.29 bits per heavy atom. The number of hydrogen-bond acceptors (Lipinski definition) is 7. The molecule has 24 heavy (non-hydrogen) atoms. The third-order valence-corrected chi connectivity index (χ3v) is 4.90. The van der Waals surface area contributed by atoms with Crippen molar-refractivity contribution in [1.29, 1.82) is 0 Å². The molecule has 0 bridgehead atoms. The number of anilines is 1. The Balaban J connectivity index is 2.01. The van der Waals surface area contributed by atoms with Crippen molar-refractivity contribution in [2.24, 2.45) is 5.92 Å². The zero-order chi connectivity index (χ0) is 17.1. The number of thiazole rings is 1. The molecule has 3 aromatic rings. The van der Waals surface area contributed by atoms with Crippen LogP contribution in [0.2, 0.25) is 0 Å². The fraction of sp³-hybridized carbons (Fsp3) is 0.400. The summed E-state index contributed by atoms with van der Waals surface area (Å²) in [6, 6.07) is 5.83. The summed E-state index contributed by atoms with van der Waals surface area (Å²) in [5.74, 6) is -1.40. The largest absolute Gasteiger partial charge is 0.481 e. The Morgan fingerprint density at radius 1 is 1.46 bits per heavy atom. The van der Waals surface area contributed by atoms with E-state index in [0.29, 0.717) is 23.8 Å². The second kappa shape index (κ2) is 6.91. The number of carboxylic acids is 1. The van der Waals surface area contributed by atoms with Crippen molar-refractivity contribution in [1.82, 2.24) is 25.6 Å². The third-order valence-electron chi connectivity index (χ3n) is 4.05. The summed E-state index contributed by atoms with van der Waals surface area (Å²) in [4.78, 5) is 16.1. The van der Waals surface area contributed by atoms with E-state index in [4.69, 9.17) is 5.73 Å². The molecule has 1 aromatic carbocycles. The van der Waals surface area contributed by atoms with Gasteiger partial charge in [0.25, 0.3) is 0 Å². The van der Waals surface area contributed by atoms with E-state index in [-0.39, 0.29) is 5.92 Å². The van der Waals surface area contributed by atoms with Crippen LogP contribution in [-0.4, -0.2) is 36.7 Å². The summed E-state index contributed by atoms with van der Waals surface area (Å²) in [5, 5.41) is 24.2. The number of hydrogen-bond donors (Lipinski definition) is 3. The molecular weight excluding hydrogens is 328 g/mol. The molecule has 0 radical (unpaired) electrons. The van der Waals surface area contributed by atoms with E-state index in [9.17, 15) is 9.90 Å². The molecule has 0 saturated carbocycles. The van der Waals surface area contributed by atoms with Gasteiger partial charge in [0.1, 0.15) is 0 Å². The van der Waals surface area contributed by atoms with Gasteiger partial charge in [0, 0.05) is 5.92 Å². The molecule has 2 heterocycles. The molecule has 0 amide bonds. The molecule has 126 valence electrons. The van der Waals surface area contributed by atoms with Crippen molar-refractivity contribution in [3.63, 3.8) is 0 Å². The number of fused-ring (bicyclic) bond motifs is 1. The predicted molar refractivity (Wildman–Crippen MR) is 90.7 cm³/mol. The van der Waals surface area contributed by atoms with E-state index in [1.807, 2.05) is 25.1 Å². The number of nitrogens with two attached hydrogens (primary N) is 1. The van der Waals surface area contributed by atoms with Crippen LogP contribution < -0.4 is 5.73 Å². The molecule has 0 aliphatic heterocycles. The molecule has 0 aliphatic carbocycles. The number of H-pyrrole nitrogens is 1. The second-order valence-corrected chi connectivity index (χ2v) is 6.69. The van der Waals surface area contributed by atoms with Gasteiger partial charge in [-0.15, -0.1) is 10.2 Å². The number of nitrogen functional groups attached to an aromatic ring is 1. The average Bonchev–Trinajstić information content (AvgIpc) is 3.19. The number of tetrazole rings is 1. The molecule has 9 heteroatoms. The zero-order valence-corrected chi connectivity index (χ0v) is 14.0. The van der Waals surface area contributed by atoms with Crippen LogP contribution in [0.25, 0.3) is 10.2 Å². The Morgan fingerprint density at radius 3 is 2.96 bits per heavy atom. The Labute approximate surface area is 142 Å². The lowest BCUT2D eigenvalue weighted by molar-refractivity contribution is -0.142. The van der Waals surface area contributed by atoms with Crippen molar-refractivity contribution in [2.75, 3.05) is 5.73 Å². The number of nitrogens with zero attached hydrogens (tertiary/aromatic N) is 4. The van der Waals surface area contributed by atoms with Crippen LogP contribution in [0.5, 0.6) is 0 Å². The molecule has 2 atom stereocenters. The number of aromatic amines is 1. The van der Waals surface area contributed by atoms with E-state index in [1.54, 1.807) is 0 Å². The van der Waals surface area contributed by atoms with Gasteiger partial charge in [-0.2, -0.15) is 5.21 Å². The first-order chi connectivity index (χ1) is 11.6. The average molecular weight is 346 g/mol. The topological polar surface area (TPSA) is 131 Å². The van der Waals surface area contributed by atoms with Crippen LogP contribution in [0.15, 0.2) is 18.2 Å². The van der Waals surface area contributed by atoms with Crippen LogP contribution in [0, 0.1) is 5.92 Å². The Bertz CT molecular complexity index is 832. The first-order valence-electron chi connectivity index (χ1n) is 7.70. The van der Waals surface area contributed by atoms with Crippen molar-refractivity contribution < 1.29 is 9.90 Å². The van der Waals surface area contributed by atoms with Gasteiger partial charge in [0.15, 0.2) is 11.0 Å². The van der Waals surface area contributed by atoms with Gasteiger partial charge in [0.05, 0.1) is 16.1 Å². The molecule has 0 fully saturated rings. The van der Waals surface area contributed by atoms with Crippen molar-refractivity contribution >= 4 is 32.7 Å². The number of carbonyl (C=O) groups is 1. The van der Waals surface area contributed by atoms with Crippen molar-refractivity contribution in [2.45, 2.75) is 32.1 Å². The monoisotopic (exact) mass is 346 g/mol. The lowest BCUT2D eigenvalue weighted by atomic mass is 9.83. The van der Waals surface area contributed by atoms with Gasteiger partial charge in [0.2, 0.25) is 0 Å². The lowest BCUT2D eigenvalue weighted by Crippen LogP contribution is -2.25. The van der Waals surface area contributed by atoms with E-state index in [0.717, 1.165) is 22.2 Å². The SMILES string of the molecule is CCCC(C(=O)O)C(Cc1cccc2sc(N)nc12)c1nn[nH]n1. The van der Waals surface area contributed by atoms with E-state index < -0.39 is 11.9 Å². The van der Waals surface area contributed by atoms with Crippen molar-refractivity contribution in [3.8, 4) is 0 Å². The second-order valence-electron chi connectivity index (χ2n) is 5.63. The highest BCUT2D eigenvalue weighted by Gasteiger charge is 2.32. The van der Waals surface area contributed by atoms with Gasteiger partial charge in [-0.1, -0.05) is 42.0 Å². The van der Waals surface area contributed by atoms with E-state index >= 15 is 0 Å². The number of rotatable bonds is 7. The molecular formula is C15H18N6O2S. The highest BCUT2D eigenvalue weighted by Crippen LogP contribution is 2.33. The molecule has 4 N–H and O–H groups in total. The van der Waals surface area contributed by atoms with E-state index in [1.165, 1.54) is 11.3 Å². The smallest absolute Gasteiger partial charge is 0.307 e. The molecule has 0 spiro atoms. The molecule has 3 rings (SSSR count). The van der Waals surface area contributed by atoms with Crippen LogP contribution in [-0.2, 0) is 11.2 Å². The Kier molecular flexibility index (Phi) is 4.70. The quantitative estimate of drug-likeness (QED) is 0.597. The maximum atomic E-state index is 11.8. The summed E-state index contributed by atoms with van der Waals surface area (Å²) < 4.78 is 0.985. The molecule has 8 nitrogen and oxygen atoms in total. The molecule has 0 aliphatic rings. The summed E-state index contributed by atoms with van der Waals surface area (Å²) in [7, 11) is 0. The maximum Gasteiger partial charge on any atom is 0.307 e. The fourth-order valence-electron chi connectivity index (χ4n) is 2.97.